The molecule has 0 bridgehead atoms. The minimum absolute atomic E-state index is 0.0526. The Hall–Kier alpha value is -3.00. The zero-order valence-corrected chi connectivity index (χ0v) is 15.9. The Morgan fingerprint density at radius 2 is 1.81 bits per heavy atom. The molecule has 7 nitrogen and oxygen atoms in total. The van der Waals surface area contributed by atoms with Crippen LogP contribution in [0.1, 0.15) is 34.8 Å². The van der Waals surface area contributed by atoms with Gasteiger partial charge in [-0.15, -0.1) is 10.2 Å². The molecule has 8 heteroatoms. The molecule has 3 aromatic rings. The molecule has 27 heavy (non-hydrogen) atoms. The molecule has 0 saturated heterocycles. The van der Waals surface area contributed by atoms with E-state index in [4.69, 9.17) is 9.15 Å². The number of sulfone groups is 1. The summed E-state index contributed by atoms with van der Waals surface area (Å²) in [5.74, 6) is -0.187. The van der Waals surface area contributed by atoms with E-state index in [0.717, 1.165) is 11.8 Å². The summed E-state index contributed by atoms with van der Waals surface area (Å²) in [5.41, 5.74) is 1.54. The normalized spacial score (nSPS) is 12.6. The highest BCUT2D eigenvalue weighted by Gasteiger charge is 2.22. The molecule has 1 atom stereocenters. The molecule has 0 aliphatic carbocycles. The quantitative estimate of drug-likeness (QED) is 0.620. The number of ether oxygens (including phenoxy) is 1. The van der Waals surface area contributed by atoms with Gasteiger partial charge < -0.3 is 9.15 Å². The summed E-state index contributed by atoms with van der Waals surface area (Å²) in [4.78, 5) is 12.6. The van der Waals surface area contributed by atoms with E-state index in [2.05, 4.69) is 10.2 Å². The molecule has 1 aromatic heterocycles. The Labute approximate surface area is 156 Å². The molecule has 0 aliphatic rings. The van der Waals surface area contributed by atoms with Gasteiger partial charge in [0, 0.05) is 11.8 Å². The third kappa shape index (κ3) is 4.22. The van der Waals surface area contributed by atoms with Crippen molar-refractivity contribution in [1.82, 2.24) is 10.2 Å². The highest BCUT2D eigenvalue weighted by Crippen LogP contribution is 2.24. The average Bonchev–Trinajstić information content (AvgIpc) is 3.12. The molecule has 140 valence electrons. The summed E-state index contributed by atoms with van der Waals surface area (Å²) in [6, 6.07) is 13.6. The van der Waals surface area contributed by atoms with Gasteiger partial charge in [0.25, 0.3) is 5.89 Å². The zero-order chi connectivity index (χ0) is 19.6. The van der Waals surface area contributed by atoms with Gasteiger partial charge in [0.05, 0.1) is 10.5 Å². The van der Waals surface area contributed by atoms with Gasteiger partial charge in [-0.3, -0.25) is 0 Å². The van der Waals surface area contributed by atoms with Crippen LogP contribution in [-0.2, 0) is 14.6 Å². The number of esters is 1. The Bertz CT molecular complexity index is 1070. The van der Waals surface area contributed by atoms with E-state index < -0.39 is 21.9 Å². The maximum absolute atomic E-state index is 12.5. The molecule has 0 aliphatic heterocycles. The summed E-state index contributed by atoms with van der Waals surface area (Å²) < 4.78 is 34.4. The molecule has 0 N–H and O–H groups in total. The number of aromatic nitrogens is 2. The summed E-state index contributed by atoms with van der Waals surface area (Å²) in [6.45, 7) is 3.31. The summed E-state index contributed by atoms with van der Waals surface area (Å²) in [7, 11) is -3.43. The number of hydrogen-bond donors (Lipinski definition) is 0. The monoisotopic (exact) mass is 386 g/mol. The van der Waals surface area contributed by atoms with E-state index in [0.29, 0.717) is 11.5 Å². The first-order valence-corrected chi connectivity index (χ1v) is 10.1. The van der Waals surface area contributed by atoms with Gasteiger partial charge in [0.1, 0.15) is 0 Å². The minimum atomic E-state index is -3.43. The van der Waals surface area contributed by atoms with Crippen LogP contribution in [0.15, 0.2) is 57.8 Å². The van der Waals surface area contributed by atoms with Crippen molar-refractivity contribution in [3.8, 4) is 11.5 Å². The smallest absolute Gasteiger partial charge is 0.339 e. The predicted molar refractivity (Wildman–Crippen MR) is 97.9 cm³/mol. The van der Waals surface area contributed by atoms with Gasteiger partial charge in [-0.2, -0.15) is 0 Å². The fraction of sp³-hybridized carbons (Fsp3) is 0.211. The van der Waals surface area contributed by atoms with Gasteiger partial charge >= 0.3 is 5.97 Å². The fourth-order valence-corrected chi connectivity index (χ4v) is 3.07. The van der Waals surface area contributed by atoms with Crippen LogP contribution in [-0.4, -0.2) is 30.8 Å². The van der Waals surface area contributed by atoms with Gasteiger partial charge in [0.2, 0.25) is 5.89 Å². The van der Waals surface area contributed by atoms with Crippen molar-refractivity contribution < 1.29 is 22.4 Å². The van der Waals surface area contributed by atoms with Crippen LogP contribution in [0.5, 0.6) is 0 Å². The minimum Gasteiger partial charge on any atom is -0.449 e. The van der Waals surface area contributed by atoms with Crippen molar-refractivity contribution in [3.63, 3.8) is 0 Å². The highest BCUT2D eigenvalue weighted by molar-refractivity contribution is 7.90. The van der Waals surface area contributed by atoms with Gasteiger partial charge in [-0.25, -0.2) is 13.2 Å². The molecule has 0 unspecified atom stereocenters. The Kier molecular flexibility index (Phi) is 5.09. The molecule has 0 fully saturated rings. The van der Waals surface area contributed by atoms with Crippen LogP contribution in [0.4, 0.5) is 0 Å². The van der Waals surface area contributed by atoms with Crippen molar-refractivity contribution in [3.05, 3.63) is 65.5 Å². The Balaban J connectivity index is 1.80. The van der Waals surface area contributed by atoms with Crippen LogP contribution in [0.25, 0.3) is 11.5 Å². The average molecular weight is 386 g/mol. The topological polar surface area (TPSA) is 99.4 Å². The number of rotatable bonds is 5. The fourth-order valence-electron chi connectivity index (χ4n) is 2.42. The van der Waals surface area contributed by atoms with Crippen LogP contribution in [0.3, 0.4) is 0 Å². The van der Waals surface area contributed by atoms with Crippen LogP contribution >= 0.6 is 0 Å². The van der Waals surface area contributed by atoms with Crippen molar-refractivity contribution in [1.29, 1.82) is 0 Å². The third-order valence-electron chi connectivity index (χ3n) is 3.95. The van der Waals surface area contributed by atoms with Gasteiger partial charge in [0.15, 0.2) is 15.9 Å². The van der Waals surface area contributed by atoms with Gasteiger partial charge in [-0.1, -0.05) is 24.3 Å². The predicted octanol–water partition coefficient (Wildman–Crippen LogP) is 3.37. The standard InChI is InChI=1S/C19H18N2O5S/c1-12-9-10-15(27(3,23)24)11-16(12)19(22)25-13(2)17-20-21-18(26-17)14-7-5-4-6-8-14/h4-11,13H,1-3H3/t13-/m0/s1. The lowest BCUT2D eigenvalue weighted by Crippen LogP contribution is -2.12. The van der Waals surface area contributed by atoms with Crippen LogP contribution in [0.2, 0.25) is 0 Å². The lowest BCUT2D eigenvalue weighted by Gasteiger charge is -2.12. The molecule has 0 saturated carbocycles. The molecule has 0 spiro atoms. The molecule has 0 amide bonds. The number of carbonyl (C=O) groups excluding carboxylic acids is 1. The number of hydrogen-bond acceptors (Lipinski definition) is 7. The Morgan fingerprint density at radius 1 is 1.11 bits per heavy atom. The largest absolute Gasteiger partial charge is 0.449 e. The number of benzene rings is 2. The number of nitrogens with zero attached hydrogens (tertiary/aromatic N) is 2. The number of carbonyl (C=O) groups is 1. The molecule has 1 heterocycles. The number of aryl methyl sites for hydroxylation is 1. The summed E-state index contributed by atoms with van der Waals surface area (Å²) in [6.07, 6.45) is 0.294. The van der Waals surface area contributed by atoms with Crippen molar-refractivity contribution in [2.24, 2.45) is 0 Å². The zero-order valence-electron chi connectivity index (χ0n) is 15.0. The summed E-state index contributed by atoms with van der Waals surface area (Å²) >= 11 is 0. The molecule has 2 aromatic carbocycles. The molecule has 3 rings (SSSR count). The maximum Gasteiger partial charge on any atom is 0.339 e. The second-order valence-electron chi connectivity index (χ2n) is 6.11. The molecule has 0 radical (unpaired) electrons. The first kappa shape index (κ1) is 18.8. The maximum atomic E-state index is 12.5. The first-order valence-electron chi connectivity index (χ1n) is 8.16. The van der Waals surface area contributed by atoms with Crippen molar-refractivity contribution in [2.45, 2.75) is 24.8 Å². The Morgan fingerprint density at radius 3 is 2.48 bits per heavy atom. The lowest BCUT2D eigenvalue weighted by molar-refractivity contribution is 0.0278. The van der Waals surface area contributed by atoms with Crippen LogP contribution < -0.4 is 0 Å². The second kappa shape index (κ2) is 7.32. The van der Waals surface area contributed by atoms with E-state index in [-0.39, 0.29) is 16.3 Å². The van der Waals surface area contributed by atoms with E-state index >= 15 is 0 Å². The van der Waals surface area contributed by atoms with E-state index in [1.165, 1.54) is 12.1 Å². The SMILES string of the molecule is Cc1ccc(S(C)(=O)=O)cc1C(=O)O[C@@H](C)c1nnc(-c2ccccc2)o1. The van der Waals surface area contributed by atoms with E-state index in [1.54, 1.807) is 19.9 Å². The first-order chi connectivity index (χ1) is 12.8. The van der Waals surface area contributed by atoms with E-state index in [1.807, 2.05) is 30.3 Å². The molecular weight excluding hydrogens is 368 g/mol. The summed E-state index contributed by atoms with van der Waals surface area (Å²) in [5, 5.41) is 7.89. The van der Waals surface area contributed by atoms with E-state index in [9.17, 15) is 13.2 Å². The van der Waals surface area contributed by atoms with Crippen molar-refractivity contribution >= 4 is 15.8 Å². The van der Waals surface area contributed by atoms with Crippen molar-refractivity contribution in [2.75, 3.05) is 6.26 Å². The second-order valence-corrected chi connectivity index (χ2v) is 8.12. The third-order valence-corrected chi connectivity index (χ3v) is 5.06. The highest BCUT2D eigenvalue weighted by atomic mass is 32.2. The lowest BCUT2D eigenvalue weighted by atomic mass is 10.1. The van der Waals surface area contributed by atoms with Gasteiger partial charge in [-0.05, 0) is 43.7 Å². The molecular formula is C19H18N2O5S. The van der Waals surface area contributed by atoms with Crippen LogP contribution in [0, 0.1) is 6.92 Å².